The molecule has 96 valence electrons. The van der Waals surface area contributed by atoms with E-state index >= 15 is 0 Å². The van der Waals surface area contributed by atoms with Crippen molar-refractivity contribution in [3.8, 4) is 0 Å². The summed E-state index contributed by atoms with van der Waals surface area (Å²) in [6, 6.07) is 6.61. The van der Waals surface area contributed by atoms with Crippen molar-refractivity contribution in [3.63, 3.8) is 0 Å². The van der Waals surface area contributed by atoms with E-state index in [0.29, 0.717) is 12.5 Å². The fourth-order valence-electron chi connectivity index (χ4n) is 2.41. The average Bonchev–Trinajstić information content (AvgIpc) is 3.19. The molecule has 0 radical (unpaired) electrons. The van der Waals surface area contributed by atoms with E-state index in [0.717, 1.165) is 17.7 Å². The number of hydrogen-bond donors (Lipinski definition) is 3. The Morgan fingerprint density at radius 3 is 2.94 bits per heavy atom. The minimum absolute atomic E-state index is 0.0143. The maximum absolute atomic E-state index is 11.3. The van der Waals surface area contributed by atoms with Crippen LogP contribution in [0.3, 0.4) is 0 Å². The summed E-state index contributed by atoms with van der Waals surface area (Å²) in [7, 11) is 0. The monoisotopic (exact) mass is 246 g/mol. The molecule has 1 aromatic carbocycles. The molecule has 1 amide bonds. The molecule has 0 bridgehead atoms. The van der Waals surface area contributed by atoms with Gasteiger partial charge in [0.2, 0.25) is 5.91 Å². The van der Waals surface area contributed by atoms with E-state index in [4.69, 9.17) is 0 Å². The number of rotatable bonds is 4. The average molecular weight is 246 g/mol. The van der Waals surface area contributed by atoms with Crippen LogP contribution in [0.2, 0.25) is 0 Å². The Bertz CT molecular complexity index is 469. The van der Waals surface area contributed by atoms with E-state index in [1.54, 1.807) is 0 Å². The van der Waals surface area contributed by atoms with E-state index in [-0.39, 0.29) is 18.6 Å². The molecule has 4 nitrogen and oxygen atoms in total. The second-order valence-electron chi connectivity index (χ2n) is 5.14. The van der Waals surface area contributed by atoms with Crippen molar-refractivity contribution >= 4 is 11.6 Å². The minimum Gasteiger partial charge on any atom is -0.394 e. The van der Waals surface area contributed by atoms with Crippen LogP contribution in [0, 0.1) is 0 Å². The van der Waals surface area contributed by atoms with Gasteiger partial charge in [-0.05, 0) is 36.5 Å². The highest BCUT2D eigenvalue weighted by Crippen LogP contribution is 2.28. The molecule has 1 atom stereocenters. The number of anilines is 1. The molecule has 1 aliphatic heterocycles. The molecule has 1 saturated carbocycles. The number of amides is 1. The van der Waals surface area contributed by atoms with Gasteiger partial charge in [-0.3, -0.25) is 4.79 Å². The van der Waals surface area contributed by atoms with Gasteiger partial charge in [0.25, 0.3) is 0 Å². The number of aliphatic hydroxyl groups excluding tert-OH is 1. The largest absolute Gasteiger partial charge is 0.394 e. The van der Waals surface area contributed by atoms with Gasteiger partial charge in [0.1, 0.15) is 0 Å². The van der Waals surface area contributed by atoms with Gasteiger partial charge in [0.05, 0.1) is 12.6 Å². The van der Waals surface area contributed by atoms with E-state index < -0.39 is 0 Å². The van der Waals surface area contributed by atoms with Crippen molar-refractivity contribution in [1.82, 2.24) is 5.32 Å². The van der Waals surface area contributed by atoms with Gasteiger partial charge in [-0.25, -0.2) is 0 Å². The summed E-state index contributed by atoms with van der Waals surface area (Å²) in [6.45, 7) is 0.113. The lowest BCUT2D eigenvalue weighted by Gasteiger charge is -2.21. The molecule has 18 heavy (non-hydrogen) atoms. The molecule has 0 saturated heterocycles. The fourth-order valence-corrected chi connectivity index (χ4v) is 2.41. The molecule has 3 rings (SSSR count). The van der Waals surface area contributed by atoms with E-state index in [9.17, 15) is 9.90 Å². The summed E-state index contributed by atoms with van der Waals surface area (Å²) in [5, 5.41) is 15.8. The smallest absolute Gasteiger partial charge is 0.224 e. The van der Waals surface area contributed by atoms with E-state index in [1.165, 1.54) is 18.4 Å². The maximum atomic E-state index is 11.3. The van der Waals surface area contributed by atoms with Gasteiger partial charge in [-0.15, -0.1) is 0 Å². The van der Waals surface area contributed by atoms with Gasteiger partial charge in [-0.1, -0.05) is 12.1 Å². The first-order chi connectivity index (χ1) is 8.76. The van der Waals surface area contributed by atoms with Gasteiger partial charge >= 0.3 is 0 Å². The fraction of sp³-hybridized carbons (Fsp3) is 0.500. The summed E-state index contributed by atoms with van der Waals surface area (Å²) in [5.74, 6) is 0.0880. The van der Waals surface area contributed by atoms with Crippen LogP contribution < -0.4 is 10.6 Å². The predicted molar refractivity (Wildman–Crippen MR) is 69.4 cm³/mol. The number of nitrogens with one attached hydrogen (secondary N) is 2. The molecule has 4 heteroatoms. The Kier molecular flexibility index (Phi) is 3.06. The lowest BCUT2D eigenvalue weighted by molar-refractivity contribution is -0.116. The van der Waals surface area contributed by atoms with Crippen LogP contribution in [0.25, 0.3) is 0 Å². The summed E-state index contributed by atoms with van der Waals surface area (Å²) in [5.41, 5.74) is 3.19. The number of aliphatic hydroxyl groups is 1. The van der Waals surface area contributed by atoms with E-state index in [1.807, 2.05) is 12.1 Å². The van der Waals surface area contributed by atoms with Crippen LogP contribution in [-0.4, -0.2) is 23.7 Å². The zero-order valence-electron chi connectivity index (χ0n) is 10.3. The first-order valence-corrected chi connectivity index (χ1v) is 6.56. The van der Waals surface area contributed by atoms with Crippen LogP contribution in [-0.2, 0) is 11.2 Å². The van der Waals surface area contributed by atoms with Crippen LogP contribution in [0.15, 0.2) is 18.2 Å². The molecule has 1 aromatic rings. The van der Waals surface area contributed by atoms with Crippen LogP contribution >= 0.6 is 0 Å². The third-order valence-electron chi connectivity index (χ3n) is 3.62. The number of aryl methyl sites for hydroxylation is 1. The van der Waals surface area contributed by atoms with Gasteiger partial charge in [0, 0.05) is 18.2 Å². The van der Waals surface area contributed by atoms with Gasteiger partial charge in [-0.2, -0.15) is 0 Å². The minimum atomic E-state index is 0.0143. The molecule has 0 aromatic heterocycles. The Hall–Kier alpha value is -1.39. The Labute approximate surface area is 106 Å². The van der Waals surface area contributed by atoms with Crippen molar-refractivity contribution in [3.05, 3.63) is 29.3 Å². The summed E-state index contributed by atoms with van der Waals surface area (Å²) >= 11 is 0. The highest BCUT2D eigenvalue weighted by molar-refractivity contribution is 5.93. The quantitative estimate of drug-likeness (QED) is 0.751. The first-order valence-electron chi connectivity index (χ1n) is 6.56. The maximum Gasteiger partial charge on any atom is 0.224 e. The zero-order valence-corrected chi connectivity index (χ0v) is 10.3. The lowest BCUT2D eigenvalue weighted by atomic mass is 9.97. The molecule has 1 fully saturated rings. The highest BCUT2D eigenvalue weighted by atomic mass is 16.3. The SMILES string of the molecule is O=C1CCc2cc(C(CO)NC3CC3)ccc2N1. The number of carbonyl (C=O) groups is 1. The normalized spacial score (nSPS) is 20.2. The number of hydrogen-bond acceptors (Lipinski definition) is 3. The molecule has 2 aliphatic rings. The molecule has 1 heterocycles. The van der Waals surface area contributed by atoms with Crippen molar-refractivity contribution in [1.29, 1.82) is 0 Å². The van der Waals surface area contributed by atoms with Crippen molar-refractivity contribution in [2.45, 2.75) is 37.8 Å². The molecule has 3 N–H and O–H groups in total. The Balaban J connectivity index is 1.81. The third-order valence-corrected chi connectivity index (χ3v) is 3.62. The van der Waals surface area contributed by atoms with Crippen molar-refractivity contribution in [2.24, 2.45) is 0 Å². The highest BCUT2D eigenvalue weighted by Gasteiger charge is 2.25. The molecular formula is C14H18N2O2. The number of benzene rings is 1. The Morgan fingerprint density at radius 1 is 1.39 bits per heavy atom. The van der Waals surface area contributed by atoms with Crippen molar-refractivity contribution < 1.29 is 9.90 Å². The molecule has 1 unspecified atom stereocenters. The molecule has 0 spiro atoms. The number of carbonyl (C=O) groups excluding carboxylic acids is 1. The first kappa shape index (κ1) is 11.7. The summed E-state index contributed by atoms with van der Waals surface area (Å²) < 4.78 is 0. The van der Waals surface area contributed by atoms with Crippen LogP contribution in [0.4, 0.5) is 5.69 Å². The summed E-state index contributed by atoms with van der Waals surface area (Å²) in [6.07, 6.45) is 3.75. The lowest BCUT2D eigenvalue weighted by Crippen LogP contribution is -2.27. The molecular weight excluding hydrogens is 228 g/mol. The zero-order chi connectivity index (χ0) is 12.5. The second kappa shape index (κ2) is 4.71. The Morgan fingerprint density at radius 2 is 2.22 bits per heavy atom. The standard InChI is InChI=1S/C14H18N2O2/c17-8-13(15-11-3-4-11)10-1-5-12-9(7-10)2-6-14(18)16-12/h1,5,7,11,13,15,17H,2-4,6,8H2,(H,16,18). The van der Waals surface area contributed by atoms with Gasteiger partial charge in [0.15, 0.2) is 0 Å². The second-order valence-corrected chi connectivity index (χ2v) is 5.14. The van der Waals surface area contributed by atoms with Crippen LogP contribution in [0.5, 0.6) is 0 Å². The molecule has 1 aliphatic carbocycles. The van der Waals surface area contributed by atoms with Gasteiger partial charge < -0.3 is 15.7 Å². The number of fused-ring (bicyclic) bond motifs is 1. The topological polar surface area (TPSA) is 61.4 Å². The third kappa shape index (κ3) is 2.40. The van der Waals surface area contributed by atoms with Crippen molar-refractivity contribution in [2.75, 3.05) is 11.9 Å². The summed E-state index contributed by atoms with van der Waals surface area (Å²) in [4.78, 5) is 11.3. The predicted octanol–water partition coefficient (Wildman–Crippen LogP) is 1.36. The van der Waals surface area contributed by atoms with Crippen LogP contribution in [0.1, 0.15) is 36.4 Å². The van der Waals surface area contributed by atoms with E-state index in [2.05, 4.69) is 16.7 Å².